The molecule has 0 aromatic heterocycles. The summed E-state index contributed by atoms with van der Waals surface area (Å²) in [6, 6.07) is 1.74. The molecule has 0 atom stereocenters. The van der Waals surface area contributed by atoms with Gasteiger partial charge in [0.25, 0.3) is 0 Å². The first-order valence-corrected chi connectivity index (χ1v) is 5.60. The molecular formula is C11H12ClNO3. The number of aromatic hydroxyl groups is 1. The molecule has 1 aliphatic heterocycles. The number of fused-ring (bicyclic) bond motifs is 1. The zero-order valence-electron chi connectivity index (χ0n) is 8.62. The van der Waals surface area contributed by atoms with Gasteiger partial charge in [-0.15, -0.1) is 0 Å². The van der Waals surface area contributed by atoms with Crippen LogP contribution in [0.2, 0.25) is 5.02 Å². The van der Waals surface area contributed by atoms with E-state index in [1.54, 1.807) is 6.07 Å². The summed E-state index contributed by atoms with van der Waals surface area (Å²) in [5, 5.41) is 10.2. The number of benzene rings is 1. The van der Waals surface area contributed by atoms with Gasteiger partial charge in [0.1, 0.15) is 24.0 Å². The second kappa shape index (κ2) is 3.18. The van der Waals surface area contributed by atoms with Crippen molar-refractivity contribution in [1.29, 1.82) is 0 Å². The molecule has 1 heterocycles. The van der Waals surface area contributed by atoms with Crippen molar-refractivity contribution in [2.24, 2.45) is 5.73 Å². The third kappa shape index (κ3) is 1.33. The largest absolute Gasteiger partial charge is 0.506 e. The summed E-state index contributed by atoms with van der Waals surface area (Å²) in [5.41, 5.74) is 6.27. The number of phenolic OH excluding ortho intramolecular Hbond substituents is 1. The molecule has 3 N–H and O–H groups in total. The van der Waals surface area contributed by atoms with Crippen molar-refractivity contribution in [3.8, 4) is 17.2 Å². The minimum Gasteiger partial charge on any atom is -0.506 e. The SMILES string of the molecule is NC1(c2cc3c(c(Cl)c2O)OCCO3)CC1. The molecule has 5 heteroatoms. The lowest BCUT2D eigenvalue weighted by molar-refractivity contribution is 0.170. The highest BCUT2D eigenvalue weighted by atomic mass is 35.5. The van der Waals surface area contributed by atoms with Gasteiger partial charge in [0.05, 0.1) is 0 Å². The van der Waals surface area contributed by atoms with Crippen molar-refractivity contribution in [3.63, 3.8) is 0 Å². The summed E-state index contributed by atoms with van der Waals surface area (Å²) in [7, 11) is 0. The summed E-state index contributed by atoms with van der Waals surface area (Å²) in [6.07, 6.45) is 1.72. The number of nitrogens with two attached hydrogens (primary N) is 1. The topological polar surface area (TPSA) is 64.7 Å². The molecule has 16 heavy (non-hydrogen) atoms. The Balaban J connectivity index is 2.17. The average Bonchev–Trinajstić information content (AvgIpc) is 3.03. The molecule has 1 aromatic carbocycles. The van der Waals surface area contributed by atoms with Gasteiger partial charge in [-0.1, -0.05) is 11.6 Å². The third-order valence-electron chi connectivity index (χ3n) is 3.07. The number of ether oxygens (including phenoxy) is 2. The Morgan fingerprint density at radius 1 is 1.31 bits per heavy atom. The lowest BCUT2D eigenvalue weighted by atomic mass is 10.0. The fourth-order valence-electron chi connectivity index (χ4n) is 1.92. The minimum absolute atomic E-state index is 0.0194. The zero-order chi connectivity index (χ0) is 11.3. The van der Waals surface area contributed by atoms with E-state index in [2.05, 4.69) is 0 Å². The van der Waals surface area contributed by atoms with Crippen LogP contribution in [0.4, 0.5) is 0 Å². The van der Waals surface area contributed by atoms with E-state index >= 15 is 0 Å². The first-order valence-electron chi connectivity index (χ1n) is 5.22. The van der Waals surface area contributed by atoms with Crippen molar-refractivity contribution in [1.82, 2.24) is 0 Å². The maximum atomic E-state index is 9.98. The lowest BCUT2D eigenvalue weighted by Crippen LogP contribution is -2.21. The molecule has 2 aliphatic rings. The van der Waals surface area contributed by atoms with Crippen LogP contribution in [0.25, 0.3) is 0 Å². The number of hydrogen-bond acceptors (Lipinski definition) is 4. The quantitative estimate of drug-likeness (QED) is 0.787. The van der Waals surface area contributed by atoms with Crippen LogP contribution in [0.15, 0.2) is 6.07 Å². The fraction of sp³-hybridized carbons (Fsp3) is 0.455. The lowest BCUT2D eigenvalue weighted by Gasteiger charge is -2.23. The molecule has 0 spiro atoms. The van der Waals surface area contributed by atoms with Crippen LogP contribution in [-0.2, 0) is 5.54 Å². The summed E-state index contributed by atoms with van der Waals surface area (Å²) in [6.45, 7) is 0.935. The van der Waals surface area contributed by atoms with E-state index in [4.69, 9.17) is 26.8 Å². The third-order valence-corrected chi connectivity index (χ3v) is 3.42. The molecule has 0 bridgehead atoms. The highest BCUT2D eigenvalue weighted by Gasteiger charge is 2.43. The smallest absolute Gasteiger partial charge is 0.183 e. The van der Waals surface area contributed by atoms with E-state index in [1.165, 1.54) is 0 Å². The van der Waals surface area contributed by atoms with Gasteiger partial charge in [-0.3, -0.25) is 0 Å². The molecule has 0 amide bonds. The van der Waals surface area contributed by atoms with Gasteiger partial charge in [-0.05, 0) is 18.9 Å². The highest BCUT2D eigenvalue weighted by Crippen LogP contribution is 2.53. The van der Waals surface area contributed by atoms with E-state index in [0.717, 1.165) is 12.8 Å². The molecule has 0 saturated heterocycles. The molecule has 1 aromatic rings. The zero-order valence-corrected chi connectivity index (χ0v) is 9.38. The molecule has 86 valence electrons. The van der Waals surface area contributed by atoms with Crippen LogP contribution in [-0.4, -0.2) is 18.3 Å². The minimum atomic E-state index is -0.441. The van der Waals surface area contributed by atoms with Crippen LogP contribution < -0.4 is 15.2 Å². The second-order valence-corrected chi connectivity index (χ2v) is 4.65. The summed E-state index contributed by atoms with van der Waals surface area (Å²) in [5.74, 6) is 1.00. The first kappa shape index (κ1) is 10.1. The monoisotopic (exact) mass is 241 g/mol. The molecule has 1 saturated carbocycles. The van der Waals surface area contributed by atoms with E-state index in [0.29, 0.717) is 30.3 Å². The highest BCUT2D eigenvalue weighted by molar-refractivity contribution is 6.34. The Kier molecular flexibility index (Phi) is 2.00. The summed E-state index contributed by atoms with van der Waals surface area (Å²) in [4.78, 5) is 0. The average molecular weight is 242 g/mol. The number of rotatable bonds is 1. The Labute approximate surface area is 97.9 Å². The van der Waals surface area contributed by atoms with Crippen LogP contribution in [0.3, 0.4) is 0 Å². The van der Waals surface area contributed by atoms with E-state index in [1.807, 2.05) is 0 Å². The van der Waals surface area contributed by atoms with Gasteiger partial charge in [0, 0.05) is 11.1 Å². The van der Waals surface area contributed by atoms with Crippen molar-refractivity contribution in [2.75, 3.05) is 13.2 Å². The predicted octanol–water partition coefficient (Wildman–Crippen LogP) is 1.76. The number of hydrogen-bond donors (Lipinski definition) is 2. The molecule has 3 rings (SSSR count). The maximum Gasteiger partial charge on any atom is 0.183 e. The van der Waals surface area contributed by atoms with Gasteiger partial charge >= 0.3 is 0 Å². The van der Waals surface area contributed by atoms with Gasteiger partial charge < -0.3 is 20.3 Å². The fourth-order valence-corrected chi connectivity index (χ4v) is 2.17. The predicted molar refractivity (Wildman–Crippen MR) is 59.2 cm³/mol. The summed E-state index contributed by atoms with van der Waals surface area (Å²) >= 11 is 6.04. The van der Waals surface area contributed by atoms with E-state index in [9.17, 15) is 5.11 Å². The normalized spacial score (nSPS) is 20.6. The van der Waals surface area contributed by atoms with Gasteiger partial charge in [0.15, 0.2) is 11.5 Å². The molecule has 4 nitrogen and oxygen atoms in total. The standard InChI is InChI=1S/C11H12ClNO3/c12-8-9(14)6(11(13)1-2-11)5-7-10(8)16-4-3-15-7/h5,14H,1-4,13H2. The second-order valence-electron chi connectivity index (χ2n) is 4.27. The molecule has 0 radical (unpaired) electrons. The molecule has 1 fully saturated rings. The summed E-state index contributed by atoms with van der Waals surface area (Å²) < 4.78 is 10.8. The van der Waals surface area contributed by atoms with Crippen molar-refractivity contribution in [2.45, 2.75) is 18.4 Å². The van der Waals surface area contributed by atoms with E-state index < -0.39 is 5.54 Å². The number of phenols is 1. The van der Waals surface area contributed by atoms with Crippen LogP contribution >= 0.6 is 11.6 Å². The molecule has 0 unspecified atom stereocenters. The van der Waals surface area contributed by atoms with Crippen LogP contribution in [0, 0.1) is 0 Å². The van der Waals surface area contributed by atoms with E-state index in [-0.39, 0.29) is 10.8 Å². The first-order chi connectivity index (χ1) is 7.62. The van der Waals surface area contributed by atoms with Gasteiger partial charge in [0.2, 0.25) is 0 Å². The Bertz CT molecular complexity index is 457. The van der Waals surface area contributed by atoms with Crippen LogP contribution in [0.5, 0.6) is 17.2 Å². The van der Waals surface area contributed by atoms with Crippen molar-refractivity contribution >= 4 is 11.6 Å². The maximum absolute atomic E-state index is 9.98. The Morgan fingerprint density at radius 3 is 2.69 bits per heavy atom. The number of halogens is 1. The Morgan fingerprint density at radius 2 is 2.00 bits per heavy atom. The van der Waals surface area contributed by atoms with Gasteiger partial charge in [-0.2, -0.15) is 0 Å². The van der Waals surface area contributed by atoms with Crippen molar-refractivity contribution in [3.05, 3.63) is 16.7 Å². The van der Waals surface area contributed by atoms with Crippen LogP contribution in [0.1, 0.15) is 18.4 Å². The molecule has 1 aliphatic carbocycles. The Hall–Kier alpha value is -1.13. The molecular weight excluding hydrogens is 230 g/mol. The van der Waals surface area contributed by atoms with Gasteiger partial charge in [-0.25, -0.2) is 0 Å². The van der Waals surface area contributed by atoms with Crippen molar-refractivity contribution < 1.29 is 14.6 Å².